The van der Waals surface area contributed by atoms with E-state index in [1.54, 1.807) is 25.3 Å². The van der Waals surface area contributed by atoms with Gasteiger partial charge in [-0.15, -0.1) is 0 Å². The van der Waals surface area contributed by atoms with Crippen molar-refractivity contribution in [2.75, 3.05) is 33.4 Å². The van der Waals surface area contributed by atoms with Crippen LogP contribution in [0.5, 0.6) is 11.5 Å². The summed E-state index contributed by atoms with van der Waals surface area (Å²) in [6, 6.07) is 12.6. The van der Waals surface area contributed by atoms with Crippen LogP contribution in [0.2, 0.25) is 0 Å². The van der Waals surface area contributed by atoms with Gasteiger partial charge in [0.25, 0.3) is 5.56 Å². The molecule has 1 aliphatic heterocycles. The Morgan fingerprint density at radius 3 is 2.64 bits per heavy atom. The van der Waals surface area contributed by atoms with Crippen LogP contribution in [0.25, 0.3) is 22.3 Å². The van der Waals surface area contributed by atoms with Crippen molar-refractivity contribution < 1.29 is 14.3 Å². The van der Waals surface area contributed by atoms with Crippen molar-refractivity contribution in [3.63, 3.8) is 0 Å². The van der Waals surface area contributed by atoms with Gasteiger partial charge in [0, 0.05) is 24.2 Å². The average molecular weight is 493 g/mol. The number of ether oxygens (including phenoxy) is 2. The van der Waals surface area contributed by atoms with Crippen LogP contribution in [-0.2, 0) is 11.3 Å². The molecular weight excluding hydrogens is 456 g/mol. The molecule has 3 aromatic rings. The van der Waals surface area contributed by atoms with Crippen LogP contribution in [0.1, 0.15) is 39.5 Å². The van der Waals surface area contributed by atoms with E-state index in [0.717, 1.165) is 13.0 Å². The highest BCUT2D eigenvalue weighted by molar-refractivity contribution is 5.83. The Morgan fingerprint density at radius 2 is 1.89 bits per heavy atom. The Bertz CT molecular complexity index is 1250. The van der Waals surface area contributed by atoms with Crippen molar-refractivity contribution in [3.05, 3.63) is 52.8 Å². The molecule has 2 aromatic carbocycles. The number of nitrogens with zero attached hydrogens (tertiary/aromatic N) is 3. The molecule has 8 nitrogen and oxygen atoms in total. The Kier molecular flexibility index (Phi) is 8.59. The largest absolute Gasteiger partial charge is 0.497 e. The summed E-state index contributed by atoms with van der Waals surface area (Å²) in [7, 11) is 1.59. The average Bonchev–Trinajstić information content (AvgIpc) is 2.88. The standard InChI is InChI=1S/C28H36N4O4/c1-20(2)29-26(33)19-32-27(21-9-7-10-22(17-21)35-3)30-25-18-23(11-12-24(25)28(32)34)36-16-8-15-31-13-5-4-6-14-31/h7,9-12,17-18,20H,4-6,8,13-16,19H2,1-3H3,(H,29,33). The molecule has 0 spiro atoms. The molecule has 0 bridgehead atoms. The quantitative estimate of drug-likeness (QED) is 0.433. The zero-order chi connectivity index (χ0) is 25.5. The molecule has 1 saturated heterocycles. The smallest absolute Gasteiger partial charge is 0.262 e. The van der Waals surface area contributed by atoms with Gasteiger partial charge in [-0.1, -0.05) is 18.6 Å². The lowest BCUT2D eigenvalue weighted by Crippen LogP contribution is -2.37. The number of hydrogen-bond acceptors (Lipinski definition) is 6. The van der Waals surface area contributed by atoms with Crippen LogP contribution in [0.15, 0.2) is 47.3 Å². The maximum atomic E-state index is 13.5. The zero-order valence-electron chi connectivity index (χ0n) is 21.5. The number of likely N-dealkylation sites (tertiary alicyclic amines) is 1. The van der Waals surface area contributed by atoms with Gasteiger partial charge in [0.1, 0.15) is 23.9 Å². The van der Waals surface area contributed by atoms with Crippen LogP contribution in [-0.4, -0.2) is 59.8 Å². The van der Waals surface area contributed by atoms with Crippen molar-refractivity contribution in [2.45, 2.75) is 52.1 Å². The Labute approximate surface area is 212 Å². The van der Waals surface area contributed by atoms with E-state index >= 15 is 0 Å². The monoisotopic (exact) mass is 492 g/mol. The second-order valence-electron chi connectivity index (χ2n) is 9.56. The normalized spacial score (nSPS) is 14.2. The number of piperidine rings is 1. The fourth-order valence-corrected chi connectivity index (χ4v) is 4.59. The lowest BCUT2D eigenvalue weighted by molar-refractivity contribution is -0.122. The number of fused-ring (bicyclic) bond motifs is 1. The minimum Gasteiger partial charge on any atom is -0.497 e. The molecule has 1 fully saturated rings. The molecule has 8 heteroatoms. The highest BCUT2D eigenvalue weighted by Gasteiger charge is 2.17. The lowest BCUT2D eigenvalue weighted by atomic mass is 10.1. The summed E-state index contributed by atoms with van der Waals surface area (Å²) in [6.07, 6.45) is 4.85. The van der Waals surface area contributed by atoms with Crippen molar-refractivity contribution in [1.82, 2.24) is 19.8 Å². The fourth-order valence-electron chi connectivity index (χ4n) is 4.59. The molecular formula is C28H36N4O4. The first kappa shape index (κ1) is 25.7. The van der Waals surface area contributed by atoms with E-state index in [2.05, 4.69) is 10.2 Å². The van der Waals surface area contributed by atoms with Gasteiger partial charge in [0.05, 0.1) is 24.6 Å². The summed E-state index contributed by atoms with van der Waals surface area (Å²) in [5.41, 5.74) is 0.957. The van der Waals surface area contributed by atoms with Crippen LogP contribution < -0.4 is 20.3 Å². The van der Waals surface area contributed by atoms with Gasteiger partial charge in [-0.05, 0) is 70.5 Å². The predicted octanol–water partition coefficient (Wildman–Crippen LogP) is 3.85. The molecule has 36 heavy (non-hydrogen) atoms. The van der Waals surface area contributed by atoms with Crippen LogP contribution in [0.4, 0.5) is 0 Å². The van der Waals surface area contributed by atoms with E-state index in [1.807, 2.05) is 38.1 Å². The molecule has 1 aromatic heterocycles. The van der Waals surface area contributed by atoms with E-state index in [0.29, 0.717) is 40.4 Å². The van der Waals surface area contributed by atoms with Gasteiger partial charge < -0.3 is 19.7 Å². The molecule has 4 rings (SSSR count). The number of aromatic nitrogens is 2. The molecule has 1 N–H and O–H groups in total. The van der Waals surface area contributed by atoms with Crippen LogP contribution in [0.3, 0.4) is 0 Å². The highest BCUT2D eigenvalue weighted by Crippen LogP contribution is 2.25. The van der Waals surface area contributed by atoms with Crippen molar-refractivity contribution >= 4 is 16.8 Å². The first-order valence-corrected chi connectivity index (χ1v) is 12.8. The molecule has 0 unspecified atom stereocenters. The maximum absolute atomic E-state index is 13.5. The number of carbonyl (C=O) groups is 1. The first-order chi connectivity index (χ1) is 17.4. The van der Waals surface area contributed by atoms with E-state index in [-0.39, 0.29) is 24.1 Å². The third kappa shape index (κ3) is 6.43. The molecule has 2 heterocycles. The highest BCUT2D eigenvalue weighted by atomic mass is 16.5. The number of carbonyl (C=O) groups excluding carboxylic acids is 1. The summed E-state index contributed by atoms with van der Waals surface area (Å²) in [5.74, 6) is 1.49. The fraction of sp³-hybridized carbons (Fsp3) is 0.464. The summed E-state index contributed by atoms with van der Waals surface area (Å²) in [6.45, 7) is 7.64. The van der Waals surface area contributed by atoms with E-state index < -0.39 is 0 Å². The Hall–Kier alpha value is -3.39. The van der Waals surface area contributed by atoms with Gasteiger partial charge in [0.15, 0.2) is 0 Å². The number of amides is 1. The molecule has 1 amide bonds. The second-order valence-corrected chi connectivity index (χ2v) is 9.56. The topological polar surface area (TPSA) is 85.7 Å². The number of benzene rings is 2. The second kappa shape index (κ2) is 12.0. The molecule has 0 atom stereocenters. The number of methoxy groups -OCH3 is 1. The van der Waals surface area contributed by atoms with Crippen molar-refractivity contribution in [3.8, 4) is 22.9 Å². The summed E-state index contributed by atoms with van der Waals surface area (Å²) < 4.78 is 12.8. The van der Waals surface area contributed by atoms with E-state index in [9.17, 15) is 9.59 Å². The maximum Gasteiger partial charge on any atom is 0.262 e. The van der Waals surface area contributed by atoms with Gasteiger partial charge in [0.2, 0.25) is 5.91 Å². The third-order valence-electron chi connectivity index (χ3n) is 6.34. The Balaban J connectivity index is 1.61. The third-order valence-corrected chi connectivity index (χ3v) is 6.34. The minimum absolute atomic E-state index is 0.0310. The summed E-state index contributed by atoms with van der Waals surface area (Å²) in [5, 5.41) is 3.30. The van der Waals surface area contributed by atoms with Crippen molar-refractivity contribution in [2.24, 2.45) is 0 Å². The first-order valence-electron chi connectivity index (χ1n) is 12.8. The SMILES string of the molecule is COc1cccc(-c2nc3cc(OCCCN4CCCCC4)ccc3c(=O)n2CC(=O)NC(C)C)c1. The number of hydrogen-bond donors (Lipinski definition) is 1. The predicted molar refractivity (Wildman–Crippen MR) is 142 cm³/mol. The van der Waals surface area contributed by atoms with E-state index in [4.69, 9.17) is 14.5 Å². The van der Waals surface area contributed by atoms with Gasteiger partial charge in [-0.2, -0.15) is 0 Å². The van der Waals surface area contributed by atoms with E-state index in [1.165, 1.54) is 36.9 Å². The van der Waals surface area contributed by atoms with Gasteiger partial charge in [-0.25, -0.2) is 4.98 Å². The lowest BCUT2D eigenvalue weighted by Gasteiger charge is -2.26. The molecule has 0 radical (unpaired) electrons. The summed E-state index contributed by atoms with van der Waals surface area (Å²) in [4.78, 5) is 33.4. The van der Waals surface area contributed by atoms with Crippen molar-refractivity contribution in [1.29, 1.82) is 0 Å². The van der Waals surface area contributed by atoms with Gasteiger partial charge >= 0.3 is 0 Å². The summed E-state index contributed by atoms with van der Waals surface area (Å²) >= 11 is 0. The van der Waals surface area contributed by atoms with Crippen LogP contribution in [0, 0.1) is 0 Å². The zero-order valence-corrected chi connectivity index (χ0v) is 21.5. The number of rotatable bonds is 10. The Morgan fingerprint density at radius 1 is 1.08 bits per heavy atom. The molecule has 192 valence electrons. The van der Waals surface area contributed by atoms with Crippen LogP contribution >= 0.6 is 0 Å². The van der Waals surface area contributed by atoms with Gasteiger partial charge in [-0.3, -0.25) is 14.2 Å². The molecule has 0 saturated carbocycles. The minimum atomic E-state index is -0.270. The number of nitrogens with one attached hydrogen (secondary N) is 1. The molecule has 1 aliphatic rings. The molecule has 0 aliphatic carbocycles.